The van der Waals surface area contributed by atoms with Crippen LogP contribution in [0.25, 0.3) is 0 Å². The van der Waals surface area contributed by atoms with E-state index in [4.69, 9.17) is 14.4 Å². The van der Waals surface area contributed by atoms with Gasteiger partial charge in [-0.2, -0.15) is 4.98 Å². The van der Waals surface area contributed by atoms with Crippen LogP contribution in [0.1, 0.15) is 24.2 Å². The lowest BCUT2D eigenvalue weighted by Crippen LogP contribution is -2.00. The molecule has 0 radical (unpaired) electrons. The highest BCUT2D eigenvalue weighted by molar-refractivity contribution is 5.70. The molecule has 19 heavy (non-hydrogen) atoms. The minimum atomic E-state index is -0.855. The number of aromatic nitrogens is 2. The summed E-state index contributed by atoms with van der Waals surface area (Å²) >= 11 is 0. The minimum Gasteiger partial charge on any atom is -0.484 e. The summed E-state index contributed by atoms with van der Waals surface area (Å²) in [5.74, 6) is 0.846. The van der Waals surface area contributed by atoms with E-state index in [0.717, 1.165) is 5.56 Å². The maximum absolute atomic E-state index is 10.5. The van der Waals surface area contributed by atoms with Crippen LogP contribution in [-0.2, 0) is 24.2 Å². The fraction of sp³-hybridized carbons (Fsp3) is 0.308. The molecule has 0 atom stereocenters. The monoisotopic (exact) mass is 262 g/mol. The number of hydrogen-bond acceptors (Lipinski definition) is 5. The molecule has 6 nitrogen and oxygen atoms in total. The third kappa shape index (κ3) is 3.80. The molecule has 0 aliphatic rings. The molecule has 6 heteroatoms. The van der Waals surface area contributed by atoms with Crippen LogP contribution in [-0.4, -0.2) is 21.2 Å². The van der Waals surface area contributed by atoms with Crippen molar-refractivity contribution in [3.63, 3.8) is 0 Å². The van der Waals surface area contributed by atoms with Gasteiger partial charge in [0.15, 0.2) is 12.4 Å². The van der Waals surface area contributed by atoms with Crippen LogP contribution >= 0.6 is 0 Å². The second-order valence-electron chi connectivity index (χ2n) is 3.96. The van der Waals surface area contributed by atoms with E-state index in [2.05, 4.69) is 10.1 Å². The van der Waals surface area contributed by atoms with E-state index in [-0.39, 0.29) is 13.0 Å². The van der Waals surface area contributed by atoms with Crippen LogP contribution in [0.15, 0.2) is 28.8 Å². The molecular weight excluding hydrogens is 248 g/mol. The maximum atomic E-state index is 10.5. The number of nitrogens with zero attached hydrogens (tertiary/aromatic N) is 2. The number of rotatable bonds is 6. The Morgan fingerprint density at radius 2 is 2.11 bits per heavy atom. The molecule has 0 bridgehead atoms. The van der Waals surface area contributed by atoms with Gasteiger partial charge in [-0.15, -0.1) is 0 Å². The number of carboxylic acid groups (broad SMARTS) is 1. The molecule has 100 valence electrons. The summed E-state index contributed by atoms with van der Waals surface area (Å²) in [7, 11) is 0. The molecule has 1 heterocycles. The number of carboxylic acids is 1. The van der Waals surface area contributed by atoms with Crippen molar-refractivity contribution in [3.05, 3.63) is 41.5 Å². The Balaban J connectivity index is 1.90. The Kier molecular flexibility index (Phi) is 4.12. The van der Waals surface area contributed by atoms with Crippen LogP contribution in [0.4, 0.5) is 0 Å². The number of carbonyl (C=O) groups is 1. The number of aryl methyl sites for hydroxylation is 1. The quantitative estimate of drug-likeness (QED) is 0.854. The molecule has 1 N–H and O–H groups in total. The van der Waals surface area contributed by atoms with Gasteiger partial charge in [-0.25, -0.2) is 0 Å². The average Bonchev–Trinajstić information content (AvgIpc) is 2.85. The van der Waals surface area contributed by atoms with E-state index < -0.39 is 5.97 Å². The first-order chi connectivity index (χ1) is 9.17. The lowest BCUT2D eigenvalue weighted by Gasteiger charge is -2.03. The third-order valence-corrected chi connectivity index (χ3v) is 2.47. The predicted octanol–water partition coefficient (Wildman–Crippen LogP) is 1.84. The molecule has 0 saturated heterocycles. The zero-order valence-electron chi connectivity index (χ0n) is 10.5. The Bertz CT molecular complexity index is 548. The molecule has 0 aliphatic heterocycles. The summed E-state index contributed by atoms with van der Waals surface area (Å²) in [4.78, 5) is 14.7. The summed E-state index contributed by atoms with van der Waals surface area (Å²) in [5.41, 5.74) is 0.728. The molecule has 1 aromatic heterocycles. The van der Waals surface area contributed by atoms with Gasteiger partial charge in [0.2, 0.25) is 0 Å². The lowest BCUT2D eigenvalue weighted by atomic mass is 10.1. The van der Waals surface area contributed by atoms with Crippen LogP contribution < -0.4 is 4.74 Å². The molecule has 0 saturated carbocycles. The normalized spacial score (nSPS) is 10.4. The average molecular weight is 262 g/mol. The van der Waals surface area contributed by atoms with Crippen LogP contribution in [0.3, 0.4) is 0 Å². The van der Waals surface area contributed by atoms with Crippen molar-refractivity contribution < 1.29 is 19.2 Å². The minimum absolute atomic E-state index is 0.00377. The van der Waals surface area contributed by atoms with Crippen LogP contribution in [0.5, 0.6) is 5.75 Å². The van der Waals surface area contributed by atoms with Crippen LogP contribution in [0.2, 0.25) is 0 Å². The number of ether oxygens (including phenoxy) is 1. The molecule has 2 rings (SSSR count). The molecule has 1 aromatic carbocycles. The van der Waals surface area contributed by atoms with Gasteiger partial charge in [0.1, 0.15) is 5.75 Å². The van der Waals surface area contributed by atoms with Gasteiger partial charge in [0.25, 0.3) is 5.89 Å². The Labute approximate surface area is 110 Å². The van der Waals surface area contributed by atoms with Gasteiger partial charge in [0.05, 0.1) is 6.42 Å². The highest BCUT2D eigenvalue weighted by Crippen LogP contribution is 2.14. The van der Waals surface area contributed by atoms with Crippen molar-refractivity contribution in [2.75, 3.05) is 0 Å². The molecular formula is C13H14N2O4. The van der Waals surface area contributed by atoms with Crippen molar-refractivity contribution in [2.45, 2.75) is 26.4 Å². The molecule has 2 aromatic rings. The maximum Gasteiger partial charge on any atom is 0.307 e. The smallest absolute Gasteiger partial charge is 0.307 e. The van der Waals surface area contributed by atoms with Crippen molar-refractivity contribution in [1.29, 1.82) is 0 Å². The van der Waals surface area contributed by atoms with Crippen molar-refractivity contribution in [1.82, 2.24) is 10.1 Å². The first-order valence-corrected chi connectivity index (χ1v) is 5.92. The SMILES string of the molecule is CCc1noc(COc2ccc(CC(=O)O)cc2)n1. The Hall–Kier alpha value is -2.37. The summed E-state index contributed by atoms with van der Waals surface area (Å²) in [6.07, 6.45) is 0.719. The Morgan fingerprint density at radius 1 is 1.37 bits per heavy atom. The largest absolute Gasteiger partial charge is 0.484 e. The molecule has 0 amide bonds. The highest BCUT2D eigenvalue weighted by Gasteiger charge is 2.06. The van der Waals surface area contributed by atoms with Crippen molar-refractivity contribution in [3.8, 4) is 5.75 Å². The van der Waals surface area contributed by atoms with Crippen LogP contribution in [0, 0.1) is 0 Å². The van der Waals surface area contributed by atoms with Gasteiger partial charge in [0, 0.05) is 6.42 Å². The number of benzene rings is 1. The Morgan fingerprint density at radius 3 is 2.68 bits per heavy atom. The van der Waals surface area contributed by atoms with Crippen molar-refractivity contribution in [2.24, 2.45) is 0 Å². The molecule has 0 unspecified atom stereocenters. The molecule has 0 aliphatic carbocycles. The van der Waals surface area contributed by atoms with Gasteiger partial charge in [-0.05, 0) is 17.7 Å². The van der Waals surface area contributed by atoms with E-state index in [1.54, 1.807) is 24.3 Å². The summed E-state index contributed by atoms with van der Waals surface area (Å²) in [6, 6.07) is 6.87. The van der Waals surface area contributed by atoms with Gasteiger partial charge in [-0.1, -0.05) is 24.2 Å². The number of aliphatic carboxylic acids is 1. The second kappa shape index (κ2) is 5.99. The summed E-state index contributed by atoms with van der Waals surface area (Å²) < 4.78 is 10.5. The standard InChI is InChI=1S/C13H14N2O4/c1-2-11-14-12(19-15-11)8-18-10-5-3-9(4-6-10)7-13(16)17/h3-6H,2,7-8H2,1H3,(H,16,17). The second-order valence-corrected chi connectivity index (χ2v) is 3.96. The topological polar surface area (TPSA) is 85.5 Å². The summed E-state index contributed by atoms with van der Waals surface area (Å²) in [6.45, 7) is 2.14. The highest BCUT2D eigenvalue weighted by atomic mass is 16.5. The van der Waals surface area contributed by atoms with E-state index in [0.29, 0.717) is 23.9 Å². The number of hydrogen-bond donors (Lipinski definition) is 1. The van der Waals surface area contributed by atoms with Gasteiger partial charge in [-0.3, -0.25) is 4.79 Å². The third-order valence-electron chi connectivity index (χ3n) is 2.47. The van der Waals surface area contributed by atoms with Gasteiger partial charge >= 0.3 is 5.97 Å². The van der Waals surface area contributed by atoms with E-state index in [1.807, 2.05) is 6.92 Å². The molecule has 0 fully saturated rings. The van der Waals surface area contributed by atoms with E-state index >= 15 is 0 Å². The van der Waals surface area contributed by atoms with E-state index in [9.17, 15) is 4.79 Å². The zero-order valence-corrected chi connectivity index (χ0v) is 10.5. The zero-order chi connectivity index (χ0) is 13.7. The first kappa shape index (κ1) is 13.1. The molecule has 0 spiro atoms. The van der Waals surface area contributed by atoms with Crippen molar-refractivity contribution >= 4 is 5.97 Å². The first-order valence-electron chi connectivity index (χ1n) is 5.92. The lowest BCUT2D eigenvalue weighted by molar-refractivity contribution is -0.136. The van der Waals surface area contributed by atoms with Gasteiger partial charge < -0.3 is 14.4 Å². The fourth-order valence-corrected chi connectivity index (χ4v) is 1.52. The fourth-order valence-electron chi connectivity index (χ4n) is 1.52. The van der Waals surface area contributed by atoms with E-state index in [1.165, 1.54) is 0 Å². The summed E-state index contributed by atoms with van der Waals surface area (Å²) in [5, 5.41) is 12.4. The predicted molar refractivity (Wildman–Crippen MR) is 65.8 cm³/mol.